The molecule has 0 radical (unpaired) electrons. The highest BCUT2D eigenvalue weighted by Crippen LogP contribution is 2.25. The van der Waals surface area contributed by atoms with E-state index in [2.05, 4.69) is 20.8 Å². The predicted molar refractivity (Wildman–Crippen MR) is 117 cm³/mol. The average Bonchev–Trinajstić information content (AvgIpc) is 3.40. The van der Waals surface area contributed by atoms with Crippen LogP contribution in [0.1, 0.15) is 37.1 Å². The van der Waals surface area contributed by atoms with E-state index in [-0.39, 0.29) is 0 Å². The lowest BCUT2D eigenvalue weighted by atomic mass is 10.1. The lowest BCUT2D eigenvalue weighted by molar-refractivity contribution is 0.210. The van der Waals surface area contributed by atoms with Gasteiger partial charge in [-0.25, -0.2) is 0 Å². The van der Waals surface area contributed by atoms with Gasteiger partial charge in [-0.1, -0.05) is 28.9 Å². The first-order chi connectivity index (χ1) is 14.2. The van der Waals surface area contributed by atoms with Crippen molar-refractivity contribution in [1.29, 1.82) is 0 Å². The maximum atomic E-state index is 5.98. The summed E-state index contributed by atoms with van der Waals surface area (Å²) in [6.45, 7) is 2.39. The highest BCUT2D eigenvalue weighted by Gasteiger charge is 2.16. The SMILES string of the molecule is Cc1cccc(-c2noc(CNC(=S)Nc3ccc(OC4CCCC4)cc3)n2)c1. The summed E-state index contributed by atoms with van der Waals surface area (Å²) in [4.78, 5) is 4.42. The molecule has 6 nitrogen and oxygen atoms in total. The smallest absolute Gasteiger partial charge is 0.246 e. The van der Waals surface area contributed by atoms with Crippen LogP contribution < -0.4 is 15.4 Å². The Morgan fingerprint density at radius 1 is 1.17 bits per heavy atom. The molecular weight excluding hydrogens is 384 g/mol. The number of rotatable bonds is 6. The van der Waals surface area contributed by atoms with Gasteiger partial charge in [0.05, 0.1) is 12.6 Å². The lowest BCUT2D eigenvalue weighted by Gasteiger charge is -2.14. The first kappa shape index (κ1) is 19.4. The molecule has 1 aromatic heterocycles. The van der Waals surface area contributed by atoms with Gasteiger partial charge in [-0.3, -0.25) is 0 Å². The first-order valence-electron chi connectivity index (χ1n) is 9.87. The number of nitrogens with one attached hydrogen (secondary N) is 2. The van der Waals surface area contributed by atoms with Gasteiger partial charge in [-0.05, 0) is 75.2 Å². The lowest BCUT2D eigenvalue weighted by Crippen LogP contribution is -2.28. The molecule has 0 bridgehead atoms. The van der Waals surface area contributed by atoms with Crippen LogP contribution >= 0.6 is 12.2 Å². The minimum Gasteiger partial charge on any atom is -0.490 e. The van der Waals surface area contributed by atoms with Gasteiger partial charge in [0.15, 0.2) is 5.11 Å². The molecular formula is C22H24N4O2S. The van der Waals surface area contributed by atoms with Crippen LogP contribution in [0.5, 0.6) is 5.75 Å². The second-order valence-corrected chi connectivity index (χ2v) is 7.65. The van der Waals surface area contributed by atoms with Crippen molar-refractivity contribution in [2.75, 3.05) is 5.32 Å². The van der Waals surface area contributed by atoms with E-state index in [9.17, 15) is 0 Å². The second kappa shape index (κ2) is 9.05. The van der Waals surface area contributed by atoms with E-state index in [1.165, 1.54) is 12.8 Å². The molecule has 0 spiro atoms. The monoisotopic (exact) mass is 408 g/mol. The van der Waals surface area contributed by atoms with Crippen LogP contribution in [-0.4, -0.2) is 21.4 Å². The van der Waals surface area contributed by atoms with Crippen LogP contribution in [0, 0.1) is 6.92 Å². The Morgan fingerprint density at radius 2 is 1.97 bits per heavy atom. The van der Waals surface area contributed by atoms with Crippen LogP contribution in [0.4, 0.5) is 5.69 Å². The molecule has 1 aliphatic rings. The van der Waals surface area contributed by atoms with Crippen LogP contribution in [0.15, 0.2) is 53.1 Å². The van der Waals surface area contributed by atoms with E-state index in [1.54, 1.807) is 0 Å². The summed E-state index contributed by atoms with van der Waals surface area (Å²) < 4.78 is 11.3. The summed E-state index contributed by atoms with van der Waals surface area (Å²) in [5.74, 6) is 1.95. The van der Waals surface area contributed by atoms with Crippen LogP contribution in [0.3, 0.4) is 0 Å². The summed E-state index contributed by atoms with van der Waals surface area (Å²) in [5.41, 5.74) is 2.98. The van der Waals surface area contributed by atoms with Crippen molar-refractivity contribution < 1.29 is 9.26 Å². The Hall–Kier alpha value is -2.93. The van der Waals surface area contributed by atoms with Gasteiger partial charge in [0.1, 0.15) is 5.75 Å². The normalized spacial score (nSPS) is 14.0. The second-order valence-electron chi connectivity index (χ2n) is 7.24. The Morgan fingerprint density at radius 3 is 2.72 bits per heavy atom. The maximum absolute atomic E-state index is 5.98. The van der Waals surface area contributed by atoms with Crippen molar-refractivity contribution in [1.82, 2.24) is 15.5 Å². The number of nitrogens with zero attached hydrogens (tertiary/aromatic N) is 2. The van der Waals surface area contributed by atoms with E-state index in [0.29, 0.717) is 29.5 Å². The molecule has 1 heterocycles. The third kappa shape index (κ3) is 5.32. The minimum absolute atomic E-state index is 0.355. The molecule has 0 atom stereocenters. The third-order valence-corrected chi connectivity index (χ3v) is 5.11. The van der Waals surface area contributed by atoms with Gasteiger partial charge in [0, 0.05) is 11.3 Å². The molecule has 0 saturated heterocycles. The zero-order chi connectivity index (χ0) is 20.1. The summed E-state index contributed by atoms with van der Waals surface area (Å²) in [6.07, 6.45) is 5.17. The van der Waals surface area contributed by atoms with Gasteiger partial charge in [-0.2, -0.15) is 4.98 Å². The first-order valence-corrected chi connectivity index (χ1v) is 10.3. The summed E-state index contributed by atoms with van der Waals surface area (Å²) in [5, 5.41) is 10.8. The van der Waals surface area contributed by atoms with E-state index >= 15 is 0 Å². The predicted octanol–water partition coefficient (Wildman–Crippen LogP) is 4.85. The Bertz CT molecular complexity index is 965. The van der Waals surface area contributed by atoms with Gasteiger partial charge < -0.3 is 19.9 Å². The fraction of sp³-hybridized carbons (Fsp3) is 0.318. The number of anilines is 1. The molecule has 2 aromatic carbocycles. The quantitative estimate of drug-likeness (QED) is 0.565. The molecule has 29 heavy (non-hydrogen) atoms. The molecule has 0 amide bonds. The summed E-state index contributed by atoms with van der Waals surface area (Å²) in [7, 11) is 0. The van der Waals surface area contributed by atoms with Crippen LogP contribution in [0.25, 0.3) is 11.4 Å². The van der Waals surface area contributed by atoms with E-state index in [0.717, 1.165) is 35.4 Å². The molecule has 1 aliphatic carbocycles. The summed E-state index contributed by atoms with van der Waals surface area (Å²) >= 11 is 5.36. The molecule has 7 heteroatoms. The number of ether oxygens (including phenoxy) is 1. The Kier molecular flexibility index (Phi) is 6.05. The number of hydrogen-bond donors (Lipinski definition) is 2. The zero-order valence-corrected chi connectivity index (χ0v) is 17.2. The number of aromatic nitrogens is 2. The molecule has 2 N–H and O–H groups in total. The maximum Gasteiger partial charge on any atom is 0.246 e. The van der Waals surface area contributed by atoms with Gasteiger partial charge in [-0.15, -0.1) is 0 Å². The highest BCUT2D eigenvalue weighted by molar-refractivity contribution is 7.80. The van der Waals surface area contributed by atoms with Gasteiger partial charge in [0.2, 0.25) is 11.7 Å². The topological polar surface area (TPSA) is 72.2 Å². The highest BCUT2D eigenvalue weighted by atomic mass is 32.1. The minimum atomic E-state index is 0.355. The van der Waals surface area contributed by atoms with Crippen LogP contribution in [-0.2, 0) is 6.54 Å². The Balaban J connectivity index is 1.27. The van der Waals surface area contributed by atoms with Gasteiger partial charge >= 0.3 is 0 Å². The average molecular weight is 409 g/mol. The van der Waals surface area contributed by atoms with Gasteiger partial charge in [0.25, 0.3) is 0 Å². The molecule has 3 aromatic rings. The molecule has 1 saturated carbocycles. The largest absolute Gasteiger partial charge is 0.490 e. The number of aryl methyl sites for hydroxylation is 1. The van der Waals surface area contributed by atoms with Crippen LogP contribution in [0.2, 0.25) is 0 Å². The van der Waals surface area contributed by atoms with Crippen molar-refractivity contribution in [3.8, 4) is 17.1 Å². The molecule has 1 fully saturated rings. The summed E-state index contributed by atoms with van der Waals surface area (Å²) in [6, 6.07) is 15.8. The van der Waals surface area contributed by atoms with Crippen molar-refractivity contribution >= 4 is 23.0 Å². The number of benzene rings is 2. The zero-order valence-electron chi connectivity index (χ0n) is 16.4. The van der Waals surface area contributed by atoms with E-state index in [1.807, 2.05) is 55.5 Å². The van der Waals surface area contributed by atoms with E-state index < -0.39 is 0 Å². The van der Waals surface area contributed by atoms with Crippen molar-refractivity contribution in [2.24, 2.45) is 0 Å². The fourth-order valence-corrected chi connectivity index (χ4v) is 3.56. The number of thiocarbonyl (C=S) groups is 1. The standard InChI is InChI=1S/C22H24N4O2S/c1-15-5-4-6-16(13-15)21-25-20(28-26-21)14-23-22(29)24-17-9-11-19(12-10-17)27-18-7-2-3-8-18/h4-6,9-13,18H,2-3,7-8,14H2,1H3,(H2,23,24,29). The molecule has 4 rings (SSSR count). The number of hydrogen-bond acceptors (Lipinski definition) is 5. The fourth-order valence-electron chi connectivity index (χ4n) is 3.37. The molecule has 0 aliphatic heterocycles. The third-order valence-electron chi connectivity index (χ3n) is 4.86. The van der Waals surface area contributed by atoms with Crippen molar-refractivity contribution in [3.63, 3.8) is 0 Å². The van der Waals surface area contributed by atoms with Crippen molar-refractivity contribution in [2.45, 2.75) is 45.3 Å². The molecule has 0 unspecified atom stereocenters. The van der Waals surface area contributed by atoms with Crippen molar-refractivity contribution in [3.05, 3.63) is 60.0 Å². The van der Waals surface area contributed by atoms with E-state index in [4.69, 9.17) is 21.5 Å². The Labute approximate surface area is 175 Å². The molecule has 150 valence electrons.